The topological polar surface area (TPSA) is 76.2 Å². The zero-order chi connectivity index (χ0) is 12.4. The average molecular weight is 333 g/mol. The van der Waals surface area contributed by atoms with Crippen molar-refractivity contribution < 1.29 is 9.90 Å². The molecule has 0 aromatic carbocycles. The van der Waals surface area contributed by atoms with Gasteiger partial charge in [-0.05, 0) is 28.1 Å². The Bertz CT molecular complexity index is 538. The van der Waals surface area contributed by atoms with Gasteiger partial charge >= 0.3 is 5.97 Å². The van der Waals surface area contributed by atoms with Crippen LogP contribution in [-0.2, 0) is 4.79 Å². The molecule has 0 saturated carbocycles. The van der Waals surface area contributed by atoms with E-state index in [9.17, 15) is 4.79 Å². The summed E-state index contributed by atoms with van der Waals surface area (Å²) in [6, 6.07) is 3.39. The van der Waals surface area contributed by atoms with Gasteiger partial charge < -0.3 is 10.8 Å². The van der Waals surface area contributed by atoms with Crippen LogP contribution in [0.4, 0.5) is 0 Å². The Kier molecular flexibility index (Phi) is 3.93. The van der Waals surface area contributed by atoms with Crippen molar-refractivity contribution >= 4 is 44.6 Å². The fourth-order valence-electron chi connectivity index (χ4n) is 1.30. The first-order chi connectivity index (χ1) is 8.06. The summed E-state index contributed by atoms with van der Waals surface area (Å²) in [5.41, 5.74) is 6.60. The Morgan fingerprint density at radius 1 is 1.59 bits per heavy atom. The predicted molar refractivity (Wildman–Crippen MR) is 72.3 cm³/mol. The number of aromatic nitrogens is 1. The third-order valence-corrected chi connectivity index (χ3v) is 4.68. The second-order valence-electron chi connectivity index (χ2n) is 3.38. The smallest absolute Gasteiger partial charge is 0.305 e. The van der Waals surface area contributed by atoms with Crippen LogP contribution in [0.3, 0.4) is 0 Å². The van der Waals surface area contributed by atoms with Gasteiger partial charge in [-0.25, -0.2) is 4.98 Å². The van der Waals surface area contributed by atoms with Gasteiger partial charge in [-0.2, -0.15) is 0 Å². The molecule has 0 saturated heterocycles. The summed E-state index contributed by atoms with van der Waals surface area (Å²) in [6.07, 6.45) is -0.0961. The molecule has 7 heteroatoms. The number of hydrogen-bond acceptors (Lipinski definition) is 5. The van der Waals surface area contributed by atoms with Crippen molar-refractivity contribution in [2.24, 2.45) is 5.73 Å². The third kappa shape index (κ3) is 3.12. The maximum absolute atomic E-state index is 10.6. The number of nitrogens with two attached hydrogens (primary N) is 1. The Morgan fingerprint density at radius 3 is 2.94 bits per heavy atom. The van der Waals surface area contributed by atoms with Crippen molar-refractivity contribution in [1.29, 1.82) is 0 Å². The molecule has 0 aliphatic heterocycles. The Morgan fingerprint density at radius 2 is 2.35 bits per heavy atom. The molecule has 0 fully saturated rings. The second kappa shape index (κ2) is 5.26. The predicted octanol–water partition coefficient (Wildman–Crippen LogP) is 3.11. The molecule has 0 radical (unpaired) electrons. The number of carboxylic acids is 1. The van der Waals surface area contributed by atoms with Crippen LogP contribution in [0.2, 0.25) is 0 Å². The highest BCUT2D eigenvalue weighted by molar-refractivity contribution is 9.11. The third-order valence-electron chi connectivity index (χ3n) is 2.06. The number of halogens is 1. The van der Waals surface area contributed by atoms with Crippen LogP contribution >= 0.6 is 38.6 Å². The number of nitrogens with zero attached hydrogens (tertiary/aromatic N) is 1. The van der Waals surface area contributed by atoms with Gasteiger partial charge in [0.15, 0.2) is 0 Å². The summed E-state index contributed by atoms with van der Waals surface area (Å²) < 4.78 is 1.04. The van der Waals surface area contributed by atoms with Gasteiger partial charge in [0.2, 0.25) is 0 Å². The number of thiazole rings is 1. The minimum atomic E-state index is -0.909. The largest absolute Gasteiger partial charge is 0.481 e. The van der Waals surface area contributed by atoms with E-state index in [4.69, 9.17) is 10.8 Å². The van der Waals surface area contributed by atoms with E-state index in [0.717, 1.165) is 14.4 Å². The molecule has 2 aromatic heterocycles. The van der Waals surface area contributed by atoms with Crippen LogP contribution in [0.15, 0.2) is 21.3 Å². The van der Waals surface area contributed by atoms with E-state index in [0.29, 0.717) is 5.01 Å². The summed E-state index contributed by atoms with van der Waals surface area (Å²) >= 11 is 6.37. The molecule has 4 nitrogen and oxygen atoms in total. The molecular weight excluding hydrogens is 324 g/mol. The lowest BCUT2D eigenvalue weighted by atomic mass is 10.2. The zero-order valence-corrected chi connectivity index (χ0v) is 11.8. The van der Waals surface area contributed by atoms with E-state index in [-0.39, 0.29) is 6.42 Å². The number of hydrogen-bond donors (Lipinski definition) is 2. The van der Waals surface area contributed by atoms with Crippen LogP contribution in [0.1, 0.15) is 17.5 Å². The van der Waals surface area contributed by atoms with Gasteiger partial charge in [-0.1, -0.05) is 0 Å². The molecule has 2 heterocycles. The highest BCUT2D eigenvalue weighted by atomic mass is 79.9. The van der Waals surface area contributed by atoms with Crippen molar-refractivity contribution in [2.45, 2.75) is 12.5 Å². The second-order valence-corrected chi connectivity index (χ2v) is 6.73. The SMILES string of the molecule is NC(CC(=O)O)c1nc(-c2ccc(Br)s2)cs1. The van der Waals surface area contributed by atoms with Crippen molar-refractivity contribution in [1.82, 2.24) is 4.98 Å². The van der Waals surface area contributed by atoms with E-state index >= 15 is 0 Å². The summed E-state index contributed by atoms with van der Waals surface area (Å²) in [6.45, 7) is 0. The molecule has 1 atom stereocenters. The normalized spacial score (nSPS) is 12.6. The van der Waals surface area contributed by atoms with Crippen LogP contribution < -0.4 is 5.73 Å². The van der Waals surface area contributed by atoms with Crippen molar-refractivity contribution in [2.75, 3.05) is 0 Å². The molecular formula is C10H9BrN2O2S2. The first-order valence-electron chi connectivity index (χ1n) is 4.75. The average Bonchev–Trinajstić information content (AvgIpc) is 2.84. The van der Waals surface area contributed by atoms with E-state index in [2.05, 4.69) is 20.9 Å². The lowest BCUT2D eigenvalue weighted by Gasteiger charge is -2.03. The Hall–Kier alpha value is -0.760. The molecule has 0 bridgehead atoms. The standard InChI is InChI=1S/C10H9BrN2O2S2/c11-8-2-1-7(17-8)6-4-16-10(13-6)5(12)3-9(14)15/h1-2,4-5H,3,12H2,(H,14,15). The first kappa shape index (κ1) is 12.7. The summed E-state index contributed by atoms with van der Waals surface area (Å²) in [7, 11) is 0. The number of aliphatic carboxylic acids is 1. The highest BCUT2D eigenvalue weighted by Gasteiger charge is 2.15. The highest BCUT2D eigenvalue weighted by Crippen LogP contribution is 2.33. The van der Waals surface area contributed by atoms with Crippen LogP contribution in [0.5, 0.6) is 0 Å². The van der Waals surface area contributed by atoms with Crippen molar-refractivity contribution in [3.05, 3.63) is 26.3 Å². The van der Waals surface area contributed by atoms with Gasteiger partial charge in [0.25, 0.3) is 0 Å². The number of rotatable bonds is 4. The minimum Gasteiger partial charge on any atom is -0.481 e. The molecule has 3 N–H and O–H groups in total. The lowest BCUT2D eigenvalue weighted by molar-refractivity contribution is -0.137. The molecule has 0 spiro atoms. The van der Waals surface area contributed by atoms with Crippen LogP contribution in [0.25, 0.3) is 10.6 Å². The van der Waals surface area contributed by atoms with Gasteiger partial charge in [0.05, 0.1) is 26.8 Å². The number of thiophene rings is 1. The van der Waals surface area contributed by atoms with Gasteiger partial charge in [0, 0.05) is 5.38 Å². The van der Waals surface area contributed by atoms with Gasteiger partial charge in [0.1, 0.15) is 5.01 Å². The number of carbonyl (C=O) groups is 1. The van der Waals surface area contributed by atoms with Crippen LogP contribution in [0, 0.1) is 0 Å². The van der Waals surface area contributed by atoms with E-state index < -0.39 is 12.0 Å². The quantitative estimate of drug-likeness (QED) is 0.901. The summed E-state index contributed by atoms with van der Waals surface area (Å²) in [4.78, 5) is 16.0. The number of carboxylic acid groups (broad SMARTS) is 1. The summed E-state index contributed by atoms with van der Waals surface area (Å²) in [5, 5.41) is 11.2. The maximum Gasteiger partial charge on any atom is 0.305 e. The van der Waals surface area contributed by atoms with Gasteiger partial charge in [-0.15, -0.1) is 22.7 Å². The monoisotopic (exact) mass is 332 g/mol. The molecule has 17 heavy (non-hydrogen) atoms. The molecule has 2 aromatic rings. The molecule has 0 amide bonds. The Balaban J connectivity index is 2.18. The van der Waals surface area contributed by atoms with E-state index in [1.54, 1.807) is 11.3 Å². The van der Waals surface area contributed by atoms with E-state index in [1.165, 1.54) is 11.3 Å². The molecule has 0 aliphatic carbocycles. The minimum absolute atomic E-state index is 0.0961. The van der Waals surface area contributed by atoms with Crippen molar-refractivity contribution in [3.8, 4) is 10.6 Å². The first-order valence-corrected chi connectivity index (χ1v) is 7.23. The molecule has 0 aliphatic rings. The van der Waals surface area contributed by atoms with Crippen molar-refractivity contribution in [3.63, 3.8) is 0 Å². The maximum atomic E-state index is 10.6. The molecule has 90 valence electrons. The Labute approximate surface area is 114 Å². The van der Waals surface area contributed by atoms with Gasteiger partial charge in [-0.3, -0.25) is 4.79 Å². The van der Waals surface area contributed by atoms with Crippen LogP contribution in [-0.4, -0.2) is 16.1 Å². The fourth-order valence-corrected chi connectivity index (χ4v) is 3.54. The molecule has 2 rings (SSSR count). The molecule has 1 unspecified atom stereocenters. The fraction of sp³-hybridized carbons (Fsp3) is 0.200. The van der Waals surface area contributed by atoms with E-state index in [1.807, 2.05) is 17.5 Å². The lowest BCUT2D eigenvalue weighted by Crippen LogP contribution is -2.14. The zero-order valence-electron chi connectivity index (χ0n) is 8.59. The summed E-state index contributed by atoms with van der Waals surface area (Å²) in [5.74, 6) is -0.909.